The van der Waals surface area contributed by atoms with Gasteiger partial charge >= 0.3 is 6.08 Å². The summed E-state index contributed by atoms with van der Waals surface area (Å²) in [6, 6.07) is 5.85. The third-order valence-corrected chi connectivity index (χ3v) is 2.49. The number of hydrogen-bond acceptors (Lipinski definition) is 4. The van der Waals surface area contributed by atoms with Crippen molar-refractivity contribution in [3.05, 3.63) is 41.3 Å². The van der Waals surface area contributed by atoms with Crippen LogP contribution in [0.4, 0.5) is 0 Å². The van der Waals surface area contributed by atoms with Gasteiger partial charge in [-0.05, 0) is 31.0 Å². The second-order valence-corrected chi connectivity index (χ2v) is 3.61. The smallest absolute Gasteiger partial charge is 0.399 e. The van der Waals surface area contributed by atoms with Gasteiger partial charge in [-0.2, -0.15) is 4.98 Å². The lowest BCUT2D eigenvalue weighted by molar-refractivity contribution is 0.329. The van der Waals surface area contributed by atoms with E-state index in [1.165, 1.54) is 11.8 Å². The van der Waals surface area contributed by atoms with Crippen LogP contribution in [0, 0.1) is 13.8 Å². The van der Waals surface area contributed by atoms with E-state index in [0.717, 1.165) is 11.3 Å². The Labute approximate surface area is 94.1 Å². The molecular formula is C12H14N2O2. The molecule has 4 heteroatoms. The molecule has 2 N–H and O–H groups in total. The highest BCUT2D eigenvalue weighted by Crippen LogP contribution is 2.26. The summed E-state index contributed by atoms with van der Waals surface area (Å²) < 4.78 is 10.7. The number of rotatable bonds is 3. The first-order valence-corrected chi connectivity index (χ1v) is 5.09. The summed E-state index contributed by atoms with van der Waals surface area (Å²) in [5.41, 5.74) is 8.36. The number of benzene rings is 1. The fourth-order valence-electron chi connectivity index (χ4n) is 1.36. The number of oxazole rings is 1. The van der Waals surface area contributed by atoms with Crippen molar-refractivity contribution in [2.24, 2.45) is 5.73 Å². The van der Waals surface area contributed by atoms with Gasteiger partial charge in [0.2, 0.25) is 0 Å². The molecule has 0 saturated heterocycles. The molecule has 2 aromatic rings. The highest BCUT2D eigenvalue weighted by molar-refractivity contribution is 5.39. The lowest BCUT2D eigenvalue weighted by Crippen LogP contribution is -1.96. The van der Waals surface area contributed by atoms with Gasteiger partial charge in [0, 0.05) is 6.54 Å². The van der Waals surface area contributed by atoms with Crippen molar-refractivity contribution in [3.63, 3.8) is 0 Å². The fraction of sp³-hybridized carbons (Fsp3) is 0.250. The molecule has 0 radical (unpaired) electrons. The van der Waals surface area contributed by atoms with Crippen molar-refractivity contribution in [3.8, 4) is 11.8 Å². The van der Waals surface area contributed by atoms with Crippen LogP contribution >= 0.6 is 0 Å². The lowest BCUT2D eigenvalue weighted by Gasteiger charge is -2.06. The highest BCUT2D eigenvalue weighted by Gasteiger charge is 2.08. The van der Waals surface area contributed by atoms with Gasteiger partial charge < -0.3 is 14.9 Å². The molecule has 1 heterocycles. The summed E-state index contributed by atoms with van der Waals surface area (Å²) in [4.78, 5) is 4.08. The molecule has 0 fully saturated rings. The van der Waals surface area contributed by atoms with Crippen molar-refractivity contribution in [1.29, 1.82) is 0 Å². The monoisotopic (exact) mass is 218 g/mol. The predicted octanol–water partition coefficient (Wildman–Crippen LogP) is 2.54. The molecule has 84 valence electrons. The van der Waals surface area contributed by atoms with Gasteiger partial charge in [-0.1, -0.05) is 12.1 Å². The van der Waals surface area contributed by atoms with E-state index >= 15 is 0 Å². The molecule has 0 amide bonds. The normalized spacial score (nSPS) is 10.4. The van der Waals surface area contributed by atoms with Crippen molar-refractivity contribution in [1.82, 2.24) is 4.98 Å². The molecule has 4 nitrogen and oxygen atoms in total. The molecule has 2 rings (SSSR count). The van der Waals surface area contributed by atoms with E-state index in [0.29, 0.717) is 12.2 Å². The maximum Gasteiger partial charge on any atom is 0.399 e. The van der Waals surface area contributed by atoms with E-state index < -0.39 is 0 Å². The quantitative estimate of drug-likeness (QED) is 0.859. The summed E-state index contributed by atoms with van der Waals surface area (Å²) >= 11 is 0. The first-order valence-electron chi connectivity index (χ1n) is 5.09. The topological polar surface area (TPSA) is 61.3 Å². The van der Waals surface area contributed by atoms with Crippen LogP contribution in [0.3, 0.4) is 0 Å². The van der Waals surface area contributed by atoms with Crippen LogP contribution in [0.1, 0.15) is 16.8 Å². The summed E-state index contributed by atoms with van der Waals surface area (Å²) in [6.45, 7) is 4.38. The van der Waals surface area contributed by atoms with Crippen LogP contribution in [-0.2, 0) is 6.54 Å². The Morgan fingerprint density at radius 1 is 1.38 bits per heavy atom. The first-order chi connectivity index (χ1) is 7.70. The number of hydrogen-bond donors (Lipinski definition) is 1. The van der Waals surface area contributed by atoms with Crippen LogP contribution in [-0.4, -0.2) is 4.98 Å². The molecule has 0 aliphatic rings. The van der Waals surface area contributed by atoms with E-state index in [1.807, 2.05) is 32.0 Å². The zero-order chi connectivity index (χ0) is 11.5. The summed E-state index contributed by atoms with van der Waals surface area (Å²) in [5, 5.41) is 0. The van der Waals surface area contributed by atoms with Crippen molar-refractivity contribution in [2.75, 3.05) is 0 Å². The molecule has 16 heavy (non-hydrogen) atoms. The van der Waals surface area contributed by atoms with Crippen LogP contribution in [0.5, 0.6) is 11.8 Å². The van der Waals surface area contributed by atoms with Crippen molar-refractivity contribution >= 4 is 0 Å². The minimum atomic E-state index is 0.231. The molecule has 0 bridgehead atoms. The minimum absolute atomic E-state index is 0.231. The number of aryl methyl sites for hydroxylation is 1. The maximum atomic E-state index is 5.54. The van der Waals surface area contributed by atoms with E-state index in [9.17, 15) is 0 Å². The Hall–Kier alpha value is -1.81. The Balaban J connectivity index is 2.23. The highest BCUT2D eigenvalue weighted by atomic mass is 16.6. The molecule has 1 aromatic carbocycles. The Bertz CT molecular complexity index is 492. The molecule has 0 aliphatic heterocycles. The Morgan fingerprint density at radius 3 is 2.88 bits per heavy atom. The molecule has 0 saturated carbocycles. The lowest BCUT2D eigenvalue weighted by atomic mass is 10.1. The molecule has 1 aromatic heterocycles. The van der Waals surface area contributed by atoms with E-state index in [-0.39, 0.29) is 6.08 Å². The Morgan fingerprint density at radius 2 is 2.19 bits per heavy atom. The predicted molar refractivity (Wildman–Crippen MR) is 60.4 cm³/mol. The molecule has 0 atom stereocenters. The fourth-order valence-corrected chi connectivity index (χ4v) is 1.36. The molecule has 0 aliphatic carbocycles. The van der Waals surface area contributed by atoms with E-state index in [2.05, 4.69) is 4.98 Å². The molecular weight excluding hydrogens is 204 g/mol. The van der Waals surface area contributed by atoms with Crippen LogP contribution in [0.15, 0.2) is 28.9 Å². The minimum Gasteiger partial charge on any atom is -0.417 e. The van der Waals surface area contributed by atoms with E-state index in [4.69, 9.17) is 14.9 Å². The largest absolute Gasteiger partial charge is 0.417 e. The van der Waals surface area contributed by atoms with Gasteiger partial charge in [0.15, 0.2) is 0 Å². The Kier molecular flexibility index (Phi) is 2.92. The molecule has 0 spiro atoms. The average Bonchev–Trinajstić information content (AvgIpc) is 2.73. The van der Waals surface area contributed by atoms with E-state index in [1.54, 1.807) is 0 Å². The second kappa shape index (κ2) is 4.37. The van der Waals surface area contributed by atoms with Crippen LogP contribution in [0.25, 0.3) is 0 Å². The zero-order valence-corrected chi connectivity index (χ0v) is 9.36. The van der Waals surface area contributed by atoms with Gasteiger partial charge in [-0.3, -0.25) is 0 Å². The third kappa shape index (κ3) is 2.06. The summed E-state index contributed by atoms with van der Waals surface area (Å²) in [7, 11) is 0. The maximum absolute atomic E-state index is 5.54. The number of ether oxygens (including phenoxy) is 1. The van der Waals surface area contributed by atoms with Crippen LogP contribution < -0.4 is 10.5 Å². The SMILES string of the molecule is Cc1cccc(Oc2nc(CN)co2)c1C. The average molecular weight is 218 g/mol. The van der Waals surface area contributed by atoms with Crippen molar-refractivity contribution in [2.45, 2.75) is 20.4 Å². The van der Waals surface area contributed by atoms with Gasteiger partial charge in [-0.15, -0.1) is 0 Å². The summed E-state index contributed by atoms with van der Waals surface area (Å²) in [6.07, 6.45) is 1.73. The zero-order valence-electron chi connectivity index (χ0n) is 9.36. The third-order valence-electron chi connectivity index (χ3n) is 2.49. The molecule has 0 unspecified atom stereocenters. The summed E-state index contributed by atoms with van der Waals surface area (Å²) in [5.74, 6) is 0.755. The number of aromatic nitrogens is 1. The first kappa shape index (κ1) is 10.7. The number of nitrogens with zero attached hydrogens (tertiary/aromatic N) is 1. The second-order valence-electron chi connectivity index (χ2n) is 3.61. The van der Waals surface area contributed by atoms with Crippen molar-refractivity contribution < 1.29 is 9.15 Å². The van der Waals surface area contributed by atoms with Gasteiger partial charge in [-0.25, -0.2) is 0 Å². The number of nitrogens with two attached hydrogens (primary N) is 1. The van der Waals surface area contributed by atoms with Gasteiger partial charge in [0.25, 0.3) is 0 Å². The van der Waals surface area contributed by atoms with Gasteiger partial charge in [0.05, 0.1) is 5.69 Å². The van der Waals surface area contributed by atoms with Gasteiger partial charge in [0.1, 0.15) is 12.0 Å². The standard InChI is InChI=1S/C12H14N2O2/c1-8-4-3-5-11(9(8)2)16-12-14-10(6-13)7-15-12/h3-5,7H,6,13H2,1-2H3. The van der Waals surface area contributed by atoms with Crippen LogP contribution in [0.2, 0.25) is 0 Å².